The smallest absolute Gasteiger partial charge is 0.122 e. The van der Waals surface area contributed by atoms with Crippen LogP contribution in [0.3, 0.4) is 0 Å². The van der Waals surface area contributed by atoms with Crippen molar-refractivity contribution in [2.75, 3.05) is 13.7 Å². The van der Waals surface area contributed by atoms with Gasteiger partial charge in [-0.25, -0.2) is 0 Å². The molecule has 1 aliphatic heterocycles. The molecule has 0 fully saturated rings. The number of aromatic nitrogens is 2. The summed E-state index contributed by atoms with van der Waals surface area (Å²) in [5, 5.41) is 7.75. The highest BCUT2D eigenvalue weighted by Gasteiger charge is 2.16. The highest BCUT2D eigenvalue weighted by atomic mass is 16.5. The summed E-state index contributed by atoms with van der Waals surface area (Å²) in [5.74, 6) is 1.04. The van der Waals surface area contributed by atoms with E-state index in [0.29, 0.717) is 6.04 Å². The van der Waals surface area contributed by atoms with Crippen LogP contribution in [0.25, 0.3) is 0 Å². The first-order valence-electron chi connectivity index (χ1n) is 7.24. The molecule has 0 radical (unpaired) electrons. The standard InChI is InChI=1S/C16H21N3O/c1-3-19-11-12(10-18-19)8-15(17-2)13-4-5-16-14(9-13)6-7-20-16/h4-5,9-11,15,17H,3,6-8H2,1-2H3. The summed E-state index contributed by atoms with van der Waals surface area (Å²) in [6.45, 7) is 3.83. The van der Waals surface area contributed by atoms with Gasteiger partial charge in [-0.2, -0.15) is 5.10 Å². The predicted molar refractivity (Wildman–Crippen MR) is 79.0 cm³/mol. The molecule has 0 saturated heterocycles. The Kier molecular flexibility index (Phi) is 3.74. The van der Waals surface area contributed by atoms with Gasteiger partial charge < -0.3 is 10.1 Å². The van der Waals surface area contributed by atoms with E-state index in [1.807, 2.05) is 17.9 Å². The Bertz CT molecular complexity index is 591. The molecule has 1 aromatic carbocycles. The predicted octanol–water partition coefficient (Wildman–Crippen LogP) is 2.34. The Labute approximate surface area is 119 Å². The Morgan fingerprint density at radius 3 is 3.10 bits per heavy atom. The summed E-state index contributed by atoms with van der Waals surface area (Å²) in [5.41, 5.74) is 3.91. The van der Waals surface area contributed by atoms with Crippen molar-refractivity contribution in [3.8, 4) is 5.75 Å². The highest BCUT2D eigenvalue weighted by Crippen LogP contribution is 2.29. The lowest BCUT2D eigenvalue weighted by molar-refractivity contribution is 0.356. The highest BCUT2D eigenvalue weighted by molar-refractivity contribution is 5.41. The molecule has 2 heterocycles. The average Bonchev–Trinajstić information content (AvgIpc) is 3.12. The molecule has 0 amide bonds. The van der Waals surface area contributed by atoms with Crippen LogP contribution in [0.5, 0.6) is 5.75 Å². The summed E-state index contributed by atoms with van der Waals surface area (Å²) in [6, 6.07) is 6.84. The number of hydrogen-bond acceptors (Lipinski definition) is 3. The number of aryl methyl sites for hydroxylation is 1. The fraction of sp³-hybridized carbons (Fsp3) is 0.438. The minimum absolute atomic E-state index is 0.315. The van der Waals surface area contributed by atoms with E-state index in [1.165, 1.54) is 16.7 Å². The first kappa shape index (κ1) is 13.2. The molecule has 1 unspecified atom stereocenters. The third-order valence-corrected chi connectivity index (χ3v) is 3.91. The number of nitrogens with zero attached hydrogens (tertiary/aromatic N) is 2. The second-order valence-corrected chi connectivity index (χ2v) is 5.22. The van der Waals surface area contributed by atoms with Gasteiger partial charge in [-0.1, -0.05) is 12.1 Å². The molecule has 0 saturated carbocycles. The molecular formula is C16H21N3O. The van der Waals surface area contributed by atoms with Crippen LogP contribution < -0.4 is 10.1 Å². The van der Waals surface area contributed by atoms with Gasteiger partial charge in [0, 0.05) is 25.2 Å². The number of hydrogen-bond donors (Lipinski definition) is 1. The minimum Gasteiger partial charge on any atom is -0.493 e. The van der Waals surface area contributed by atoms with E-state index < -0.39 is 0 Å². The van der Waals surface area contributed by atoms with Crippen molar-refractivity contribution in [1.29, 1.82) is 0 Å². The number of benzene rings is 1. The zero-order valence-electron chi connectivity index (χ0n) is 12.1. The van der Waals surface area contributed by atoms with E-state index in [-0.39, 0.29) is 0 Å². The maximum absolute atomic E-state index is 5.57. The molecule has 1 aromatic heterocycles. The van der Waals surface area contributed by atoms with Gasteiger partial charge in [0.05, 0.1) is 12.8 Å². The minimum atomic E-state index is 0.315. The maximum Gasteiger partial charge on any atom is 0.122 e. The van der Waals surface area contributed by atoms with Gasteiger partial charge in [0.2, 0.25) is 0 Å². The molecule has 1 N–H and O–H groups in total. The van der Waals surface area contributed by atoms with Crippen LogP contribution in [-0.2, 0) is 19.4 Å². The van der Waals surface area contributed by atoms with E-state index >= 15 is 0 Å². The molecule has 0 aliphatic carbocycles. The van der Waals surface area contributed by atoms with E-state index in [1.54, 1.807) is 0 Å². The summed E-state index contributed by atoms with van der Waals surface area (Å²) in [7, 11) is 2.01. The van der Waals surface area contributed by atoms with Crippen molar-refractivity contribution in [2.24, 2.45) is 0 Å². The normalized spacial score (nSPS) is 14.9. The maximum atomic E-state index is 5.57. The van der Waals surface area contributed by atoms with Gasteiger partial charge >= 0.3 is 0 Å². The van der Waals surface area contributed by atoms with Gasteiger partial charge in [-0.15, -0.1) is 0 Å². The lowest BCUT2D eigenvalue weighted by Gasteiger charge is -2.16. The molecule has 106 valence electrons. The fourth-order valence-electron chi connectivity index (χ4n) is 2.73. The average molecular weight is 271 g/mol. The van der Waals surface area contributed by atoms with Crippen LogP contribution in [0.15, 0.2) is 30.6 Å². The zero-order chi connectivity index (χ0) is 13.9. The van der Waals surface area contributed by atoms with Crippen molar-refractivity contribution in [3.63, 3.8) is 0 Å². The van der Waals surface area contributed by atoms with Crippen LogP contribution in [0.4, 0.5) is 0 Å². The topological polar surface area (TPSA) is 39.1 Å². The Morgan fingerprint density at radius 1 is 1.45 bits per heavy atom. The van der Waals surface area contributed by atoms with Crippen LogP contribution in [0.2, 0.25) is 0 Å². The van der Waals surface area contributed by atoms with Crippen LogP contribution in [-0.4, -0.2) is 23.4 Å². The molecule has 1 aliphatic rings. The number of likely N-dealkylation sites (N-methyl/N-ethyl adjacent to an activating group) is 1. The third kappa shape index (κ3) is 2.56. The lowest BCUT2D eigenvalue weighted by Crippen LogP contribution is -2.18. The Balaban J connectivity index is 1.79. The van der Waals surface area contributed by atoms with Crippen molar-refractivity contribution in [1.82, 2.24) is 15.1 Å². The fourth-order valence-corrected chi connectivity index (χ4v) is 2.73. The number of fused-ring (bicyclic) bond motifs is 1. The molecule has 2 aromatic rings. The Hall–Kier alpha value is -1.81. The van der Waals surface area contributed by atoms with Gasteiger partial charge in [0.15, 0.2) is 0 Å². The molecule has 1 atom stereocenters. The summed E-state index contributed by atoms with van der Waals surface area (Å²) in [4.78, 5) is 0. The van der Waals surface area contributed by atoms with Crippen molar-refractivity contribution in [2.45, 2.75) is 32.4 Å². The molecule has 20 heavy (non-hydrogen) atoms. The largest absolute Gasteiger partial charge is 0.493 e. The van der Waals surface area contributed by atoms with Gasteiger partial charge in [-0.05, 0) is 43.1 Å². The van der Waals surface area contributed by atoms with Gasteiger partial charge in [0.25, 0.3) is 0 Å². The SMILES string of the molecule is CCn1cc(CC(NC)c2ccc3c(c2)CCO3)cn1. The van der Waals surface area contributed by atoms with E-state index in [4.69, 9.17) is 4.74 Å². The van der Waals surface area contributed by atoms with E-state index in [2.05, 4.69) is 41.7 Å². The summed E-state index contributed by atoms with van der Waals surface area (Å²) < 4.78 is 7.54. The molecule has 4 heteroatoms. The van der Waals surface area contributed by atoms with E-state index in [9.17, 15) is 0 Å². The second kappa shape index (κ2) is 5.67. The van der Waals surface area contributed by atoms with Gasteiger partial charge in [-0.3, -0.25) is 4.68 Å². The van der Waals surface area contributed by atoms with Crippen molar-refractivity contribution in [3.05, 3.63) is 47.3 Å². The molecule has 4 nitrogen and oxygen atoms in total. The third-order valence-electron chi connectivity index (χ3n) is 3.91. The number of rotatable bonds is 5. The Morgan fingerprint density at radius 2 is 2.35 bits per heavy atom. The second-order valence-electron chi connectivity index (χ2n) is 5.22. The summed E-state index contributed by atoms with van der Waals surface area (Å²) >= 11 is 0. The van der Waals surface area contributed by atoms with Crippen LogP contribution >= 0.6 is 0 Å². The molecule has 0 spiro atoms. The number of ether oxygens (including phenoxy) is 1. The summed E-state index contributed by atoms with van der Waals surface area (Å²) in [6.07, 6.45) is 6.06. The van der Waals surface area contributed by atoms with E-state index in [0.717, 1.165) is 31.7 Å². The van der Waals surface area contributed by atoms with Crippen LogP contribution in [0, 0.1) is 0 Å². The van der Waals surface area contributed by atoms with Crippen LogP contribution in [0.1, 0.15) is 29.7 Å². The lowest BCUT2D eigenvalue weighted by atomic mass is 9.98. The molecule has 3 rings (SSSR count). The zero-order valence-corrected chi connectivity index (χ0v) is 12.1. The van der Waals surface area contributed by atoms with Crippen molar-refractivity contribution >= 4 is 0 Å². The first-order valence-corrected chi connectivity index (χ1v) is 7.24. The molecule has 0 bridgehead atoms. The first-order chi connectivity index (χ1) is 9.80. The number of nitrogens with one attached hydrogen (secondary N) is 1. The molecular weight excluding hydrogens is 250 g/mol. The monoisotopic (exact) mass is 271 g/mol. The van der Waals surface area contributed by atoms with Gasteiger partial charge in [0.1, 0.15) is 5.75 Å². The van der Waals surface area contributed by atoms with Crippen molar-refractivity contribution < 1.29 is 4.74 Å². The quantitative estimate of drug-likeness (QED) is 0.907.